The molecule has 0 bridgehead atoms. The van der Waals surface area contributed by atoms with Crippen molar-refractivity contribution in [1.82, 2.24) is 4.90 Å². The van der Waals surface area contributed by atoms with Gasteiger partial charge in [0, 0.05) is 35.8 Å². The lowest BCUT2D eigenvalue weighted by atomic mass is 10.0. The monoisotopic (exact) mass is 367 g/mol. The molecule has 2 aliphatic rings. The van der Waals surface area contributed by atoms with Crippen molar-refractivity contribution in [3.63, 3.8) is 0 Å². The van der Waals surface area contributed by atoms with Crippen LogP contribution < -0.4 is 10.6 Å². The van der Waals surface area contributed by atoms with Crippen LogP contribution in [0.2, 0.25) is 0 Å². The Morgan fingerprint density at radius 3 is 2.59 bits per heavy atom. The first-order chi connectivity index (χ1) is 12.9. The van der Waals surface area contributed by atoms with Crippen LogP contribution in [-0.4, -0.2) is 29.9 Å². The SMILES string of the molecule is Cc1cccc(NC(=O)N2CC[C@@]3(C[C@@H]3C(=O)Nc3cccc(F)c3)C2)c1. The van der Waals surface area contributed by atoms with Crippen LogP contribution >= 0.6 is 0 Å². The molecule has 1 spiro atoms. The van der Waals surface area contributed by atoms with Gasteiger partial charge in [-0.15, -0.1) is 0 Å². The number of hydrogen-bond acceptors (Lipinski definition) is 2. The number of carbonyl (C=O) groups is 2. The Morgan fingerprint density at radius 1 is 1.11 bits per heavy atom. The minimum absolute atomic E-state index is 0.0958. The van der Waals surface area contributed by atoms with E-state index >= 15 is 0 Å². The van der Waals surface area contributed by atoms with E-state index in [1.54, 1.807) is 17.0 Å². The van der Waals surface area contributed by atoms with Crippen LogP contribution in [0.25, 0.3) is 0 Å². The number of halogens is 1. The van der Waals surface area contributed by atoms with E-state index in [0.717, 1.165) is 24.1 Å². The van der Waals surface area contributed by atoms with Gasteiger partial charge in [-0.05, 0) is 55.7 Å². The quantitative estimate of drug-likeness (QED) is 0.861. The maximum absolute atomic E-state index is 13.3. The number of urea groups is 1. The van der Waals surface area contributed by atoms with Crippen LogP contribution in [0.1, 0.15) is 18.4 Å². The summed E-state index contributed by atoms with van der Waals surface area (Å²) < 4.78 is 13.3. The second kappa shape index (κ2) is 6.68. The van der Waals surface area contributed by atoms with Crippen LogP contribution in [0.5, 0.6) is 0 Å². The van der Waals surface area contributed by atoms with Gasteiger partial charge in [-0.3, -0.25) is 4.79 Å². The fourth-order valence-corrected chi connectivity index (χ4v) is 3.96. The molecule has 140 valence electrons. The lowest BCUT2D eigenvalue weighted by molar-refractivity contribution is -0.118. The molecule has 0 unspecified atom stereocenters. The van der Waals surface area contributed by atoms with Gasteiger partial charge >= 0.3 is 6.03 Å². The summed E-state index contributed by atoms with van der Waals surface area (Å²) in [4.78, 5) is 26.8. The summed E-state index contributed by atoms with van der Waals surface area (Å²) in [6.45, 7) is 3.19. The van der Waals surface area contributed by atoms with Crippen molar-refractivity contribution in [1.29, 1.82) is 0 Å². The molecule has 2 aromatic carbocycles. The van der Waals surface area contributed by atoms with Gasteiger partial charge in [-0.25, -0.2) is 9.18 Å². The highest BCUT2D eigenvalue weighted by Gasteiger charge is 2.61. The Balaban J connectivity index is 1.34. The molecule has 1 saturated heterocycles. The van der Waals surface area contributed by atoms with Crippen molar-refractivity contribution >= 4 is 23.3 Å². The van der Waals surface area contributed by atoms with E-state index in [1.165, 1.54) is 12.1 Å². The first-order valence-electron chi connectivity index (χ1n) is 9.14. The minimum Gasteiger partial charge on any atom is -0.326 e. The summed E-state index contributed by atoms with van der Waals surface area (Å²) in [7, 11) is 0. The van der Waals surface area contributed by atoms with Gasteiger partial charge in [0.15, 0.2) is 0 Å². The fourth-order valence-electron chi connectivity index (χ4n) is 3.96. The average Bonchev–Trinajstić information content (AvgIpc) is 3.15. The zero-order chi connectivity index (χ0) is 19.0. The number of hydrogen-bond donors (Lipinski definition) is 2. The molecule has 1 aliphatic carbocycles. The molecular weight excluding hydrogens is 345 g/mol. The molecule has 2 atom stereocenters. The van der Waals surface area contributed by atoms with Crippen LogP contribution in [0.4, 0.5) is 20.6 Å². The van der Waals surface area contributed by atoms with Gasteiger partial charge in [0.2, 0.25) is 5.91 Å². The summed E-state index contributed by atoms with van der Waals surface area (Å²) >= 11 is 0. The Morgan fingerprint density at radius 2 is 1.85 bits per heavy atom. The summed E-state index contributed by atoms with van der Waals surface area (Å²) in [6.07, 6.45) is 1.58. The summed E-state index contributed by atoms with van der Waals surface area (Å²) in [6, 6.07) is 13.4. The summed E-state index contributed by atoms with van der Waals surface area (Å²) in [5, 5.41) is 5.71. The molecule has 2 N–H and O–H groups in total. The number of nitrogens with one attached hydrogen (secondary N) is 2. The molecule has 4 rings (SSSR count). The Bertz CT molecular complexity index is 841. The van der Waals surface area contributed by atoms with E-state index in [9.17, 15) is 14.0 Å². The Kier molecular flexibility index (Phi) is 4.34. The number of nitrogens with zero attached hydrogens (tertiary/aromatic N) is 1. The topological polar surface area (TPSA) is 61.4 Å². The second-order valence-corrected chi connectivity index (χ2v) is 7.59. The predicted molar refractivity (Wildman–Crippen MR) is 102 cm³/mol. The zero-order valence-corrected chi connectivity index (χ0v) is 15.2. The normalized spacial score (nSPS) is 23.3. The number of aryl methyl sites for hydroxylation is 1. The van der Waals surface area contributed by atoms with E-state index in [0.29, 0.717) is 18.8 Å². The molecule has 1 heterocycles. The summed E-state index contributed by atoms with van der Waals surface area (Å²) in [5.41, 5.74) is 2.19. The molecule has 1 aliphatic heterocycles. The van der Waals surface area contributed by atoms with Crippen LogP contribution in [0.3, 0.4) is 0 Å². The Hall–Kier alpha value is -2.89. The molecule has 27 heavy (non-hydrogen) atoms. The zero-order valence-electron chi connectivity index (χ0n) is 15.2. The molecular formula is C21H22FN3O2. The van der Waals surface area contributed by atoms with Crippen molar-refractivity contribution in [3.05, 3.63) is 59.9 Å². The molecule has 0 aromatic heterocycles. The van der Waals surface area contributed by atoms with E-state index in [4.69, 9.17) is 0 Å². The number of carbonyl (C=O) groups excluding carboxylic acids is 2. The van der Waals surface area contributed by atoms with Crippen molar-refractivity contribution in [3.8, 4) is 0 Å². The molecule has 6 heteroatoms. The van der Waals surface area contributed by atoms with Crippen LogP contribution in [0.15, 0.2) is 48.5 Å². The highest BCUT2D eigenvalue weighted by atomic mass is 19.1. The number of benzene rings is 2. The number of amides is 3. The molecule has 3 amide bonds. The average molecular weight is 367 g/mol. The molecule has 2 aromatic rings. The van der Waals surface area contributed by atoms with Crippen LogP contribution in [0, 0.1) is 24.1 Å². The van der Waals surface area contributed by atoms with Gasteiger partial charge in [-0.1, -0.05) is 18.2 Å². The highest BCUT2D eigenvalue weighted by Crippen LogP contribution is 2.58. The first kappa shape index (κ1) is 17.5. The highest BCUT2D eigenvalue weighted by molar-refractivity contribution is 5.95. The molecule has 0 radical (unpaired) electrons. The second-order valence-electron chi connectivity index (χ2n) is 7.59. The van der Waals surface area contributed by atoms with E-state index in [2.05, 4.69) is 10.6 Å². The first-order valence-corrected chi connectivity index (χ1v) is 9.14. The van der Waals surface area contributed by atoms with Gasteiger partial charge in [0.05, 0.1) is 0 Å². The Labute approximate surface area is 157 Å². The fraction of sp³-hybridized carbons (Fsp3) is 0.333. The summed E-state index contributed by atoms with van der Waals surface area (Å²) in [5.74, 6) is -0.600. The maximum Gasteiger partial charge on any atom is 0.321 e. The predicted octanol–water partition coefficient (Wildman–Crippen LogP) is 4.02. The van der Waals surface area contributed by atoms with Crippen molar-refractivity contribution < 1.29 is 14.0 Å². The van der Waals surface area contributed by atoms with E-state index < -0.39 is 0 Å². The van der Waals surface area contributed by atoms with Crippen molar-refractivity contribution in [2.75, 3.05) is 23.7 Å². The van der Waals surface area contributed by atoms with E-state index in [1.807, 2.05) is 31.2 Å². The molecule has 5 nitrogen and oxygen atoms in total. The van der Waals surface area contributed by atoms with Gasteiger partial charge in [-0.2, -0.15) is 0 Å². The minimum atomic E-state index is -0.377. The van der Waals surface area contributed by atoms with Crippen LogP contribution in [-0.2, 0) is 4.79 Å². The standard InChI is InChI=1S/C21H22FN3O2/c1-14-4-2-6-16(10-14)24-20(27)25-9-8-21(13-25)12-18(21)19(26)23-17-7-3-5-15(22)11-17/h2-7,10-11,18H,8-9,12-13H2,1H3,(H,23,26)(H,24,27)/t18-,21-/m1/s1. The third-order valence-electron chi connectivity index (χ3n) is 5.54. The number of anilines is 2. The van der Waals surface area contributed by atoms with Gasteiger partial charge < -0.3 is 15.5 Å². The smallest absolute Gasteiger partial charge is 0.321 e. The van der Waals surface area contributed by atoms with Crippen molar-refractivity contribution in [2.45, 2.75) is 19.8 Å². The van der Waals surface area contributed by atoms with Crippen molar-refractivity contribution in [2.24, 2.45) is 11.3 Å². The largest absolute Gasteiger partial charge is 0.326 e. The van der Waals surface area contributed by atoms with Gasteiger partial charge in [0.1, 0.15) is 5.82 Å². The van der Waals surface area contributed by atoms with E-state index in [-0.39, 0.29) is 29.1 Å². The molecule has 1 saturated carbocycles. The lowest BCUT2D eigenvalue weighted by Crippen LogP contribution is -2.33. The number of rotatable bonds is 3. The third-order valence-corrected chi connectivity index (χ3v) is 5.54. The van der Waals surface area contributed by atoms with Gasteiger partial charge in [0.25, 0.3) is 0 Å². The third kappa shape index (κ3) is 3.65. The maximum atomic E-state index is 13.3. The molecule has 2 fully saturated rings. The number of likely N-dealkylation sites (tertiary alicyclic amines) is 1. The lowest BCUT2D eigenvalue weighted by Gasteiger charge is -2.18.